The fraction of sp³-hybridized carbons (Fsp3) is 0.200. The van der Waals surface area contributed by atoms with Crippen molar-refractivity contribution in [2.75, 3.05) is 5.32 Å². The summed E-state index contributed by atoms with van der Waals surface area (Å²) in [4.78, 5) is 16.5. The average molecular weight is 327 g/mol. The van der Waals surface area contributed by atoms with Gasteiger partial charge < -0.3 is 5.32 Å². The van der Waals surface area contributed by atoms with Crippen LogP contribution in [0.4, 0.5) is 10.1 Å². The second-order valence-corrected chi connectivity index (χ2v) is 5.56. The molecule has 21 heavy (non-hydrogen) atoms. The molecular formula is C15H13Cl2FN2O. The number of hydrogen-bond donors (Lipinski definition) is 1. The lowest BCUT2D eigenvalue weighted by atomic mass is 10.1. The molecule has 1 heterocycles. The topological polar surface area (TPSA) is 42.0 Å². The third-order valence-corrected chi connectivity index (χ3v) is 3.62. The van der Waals surface area contributed by atoms with Gasteiger partial charge in [0.05, 0.1) is 27.0 Å². The first-order valence-electron chi connectivity index (χ1n) is 6.20. The van der Waals surface area contributed by atoms with E-state index in [-0.39, 0.29) is 15.6 Å². The average Bonchev–Trinajstić information content (AvgIpc) is 2.37. The van der Waals surface area contributed by atoms with Crippen LogP contribution >= 0.6 is 23.2 Å². The number of halogens is 3. The lowest BCUT2D eigenvalue weighted by Gasteiger charge is -2.13. The summed E-state index contributed by atoms with van der Waals surface area (Å²) in [5.74, 6) is -1.20. The number of aromatic nitrogens is 1. The minimum absolute atomic E-state index is 0.0259. The zero-order chi connectivity index (χ0) is 15.7. The number of rotatable bonds is 2. The Kier molecular flexibility index (Phi) is 4.49. The molecule has 0 aliphatic rings. The van der Waals surface area contributed by atoms with E-state index in [9.17, 15) is 9.18 Å². The van der Waals surface area contributed by atoms with Crippen LogP contribution in [0.2, 0.25) is 10.0 Å². The number of carbonyl (C=O) groups excluding carboxylic acids is 1. The van der Waals surface area contributed by atoms with E-state index < -0.39 is 11.7 Å². The van der Waals surface area contributed by atoms with Crippen LogP contribution in [0, 0.1) is 26.6 Å². The van der Waals surface area contributed by atoms with Crippen molar-refractivity contribution < 1.29 is 9.18 Å². The van der Waals surface area contributed by atoms with Gasteiger partial charge in [-0.2, -0.15) is 0 Å². The fourth-order valence-corrected chi connectivity index (χ4v) is 2.56. The Bertz CT molecular complexity index is 709. The summed E-state index contributed by atoms with van der Waals surface area (Å²) in [7, 11) is 0. The Hall–Kier alpha value is -1.65. The molecule has 1 aromatic heterocycles. The van der Waals surface area contributed by atoms with E-state index >= 15 is 0 Å². The van der Waals surface area contributed by atoms with E-state index in [0.29, 0.717) is 11.4 Å². The summed E-state index contributed by atoms with van der Waals surface area (Å²) in [6.45, 7) is 5.53. The minimum Gasteiger partial charge on any atom is -0.320 e. The lowest BCUT2D eigenvalue weighted by Crippen LogP contribution is -2.15. The molecule has 3 nitrogen and oxygen atoms in total. The molecule has 1 N–H and O–H groups in total. The van der Waals surface area contributed by atoms with Crippen LogP contribution < -0.4 is 5.32 Å². The van der Waals surface area contributed by atoms with Gasteiger partial charge in [0.25, 0.3) is 5.91 Å². The molecule has 0 aliphatic heterocycles. The maximum absolute atomic E-state index is 13.5. The summed E-state index contributed by atoms with van der Waals surface area (Å²) in [6.07, 6.45) is 0. The third-order valence-electron chi connectivity index (χ3n) is 3.02. The van der Waals surface area contributed by atoms with Gasteiger partial charge >= 0.3 is 0 Å². The molecule has 1 amide bonds. The number of anilines is 1. The Labute approximate surface area is 132 Å². The molecule has 110 valence electrons. The Morgan fingerprint density at radius 2 is 1.81 bits per heavy atom. The second kappa shape index (κ2) is 6.00. The summed E-state index contributed by atoms with van der Waals surface area (Å²) in [5, 5.41) is 2.68. The highest BCUT2D eigenvalue weighted by Gasteiger charge is 2.16. The second-order valence-electron chi connectivity index (χ2n) is 4.74. The molecule has 0 saturated heterocycles. The van der Waals surface area contributed by atoms with E-state index in [1.807, 2.05) is 19.9 Å². The number of hydrogen-bond acceptors (Lipinski definition) is 2. The largest absolute Gasteiger partial charge is 0.320 e. The zero-order valence-electron chi connectivity index (χ0n) is 11.7. The van der Waals surface area contributed by atoms with Crippen molar-refractivity contribution in [3.8, 4) is 0 Å². The Balaban J connectivity index is 2.37. The Morgan fingerprint density at radius 1 is 1.14 bits per heavy atom. The van der Waals surface area contributed by atoms with Crippen LogP contribution in [0.3, 0.4) is 0 Å². The predicted octanol–water partition coefficient (Wildman–Crippen LogP) is 4.71. The molecule has 0 bridgehead atoms. The van der Waals surface area contributed by atoms with E-state index in [1.54, 1.807) is 6.92 Å². The summed E-state index contributed by atoms with van der Waals surface area (Å²) >= 11 is 11.6. The van der Waals surface area contributed by atoms with Crippen LogP contribution in [0.25, 0.3) is 0 Å². The van der Waals surface area contributed by atoms with E-state index in [4.69, 9.17) is 23.2 Å². The molecule has 0 saturated carbocycles. The maximum Gasteiger partial charge on any atom is 0.257 e. The summed E-state index contributed by atoms with van der Waals surface area (Å²) in [5.41, 5.74) is 3.04. The molecule has 1 aromatic carbocycles. The quantitative estimate of drug-likeness (QED) is 0.812. The van der Waals surface area contributed by atoms with Gasteiger partial charge in [0.1, 0.15) is 5.82 Å². The molecule has 0 unspecified atom stereocenters. The van der Waals surface area contributed by atoms with Gasteiger partial charge in [-0.15, -0.1) is 0 Å². The first kappa shape index (κ1) is 15.7. The number of carbonyl (C=O) groups is 1. The lowest BCUT2D eigenvalue weighted by molar-refractivity contribution is 0.102. The van der Waals surface area contributed by atoms with Gasteiger partial charge in [0.15, 0.2) is 0 Å². The normalized spacial score (nSPS) is 10.6. The zero-order valence-corrected chi connectivity index (χ0v) is 13.2. The molecule has 2 rings (SSSR count). The van der Waals surface area contributed by atoms with Crippen molar-refractivity contribution in [3.63, 3.8) is 0 Å². The molecule has 0 spiro atoms. The molecule has 0 radical (unpaired) electrons. The molecule has 2 aromatic rings. The van der Waals surface area contributed by atoms with Gasteiger partial charge in [-0.25, -0.2) is 4.39 Å². The first-order valence-corrected chi connectivity index (χ1v) is 6.96. The molecule has 6 heteroatoms. The summed E-state index contributed by atoms with van der Waals surface area (Å²) < 4.78 is 13.5. The van der Waals surface area contributed by atoms with Crippen molar-refractivity contribution in [2.24, 2.45) is 0 Å². The van der Waals surface area contributed by atoms with Crippen molar-refractivity contribution >= 4 is 34.8 Å². The first-order chi connectivity index (χ1) is 9.79. The van der Waals surface area contributed by atoms with Crippen LogP contribution in [-0.2, 0) is 0 Å². The number of aryl methyl sites for hydroxylation is 3. The summed E-state index contributed by atoms with van der Waals surface area (Å²) in [6, 6.07) is 4.08. The van der Waals surface area contributed by atoms with Crippen molar-refractivity contribution in [3.05, 3.63) is 56.6 Å². The number of amides is 1. The van der Waals surface area contributed by atoms with Gasteiger partial charge in [0, 0.05) is 5.69 Å². The van der Waals surface area contributed by atoms with E-state index in [0.717, 1.165) is 17.3 Å². The van der Waals surface area contributed by atoms with Gasteiger partial charge in [-0.3, -0.25) is 9.78 Å². The van der Waals surface area contributed by atoms with Crippen molar-refractivity contribution in [1.29, 1.82) is 0 Å². The number of nitrogens with zero attached hydrogens (tertiary/aromatic N) is 1. The monoisotopic (exact) mass is 326 g/mol. The molecular weight excluding hydrogens is 314 g/mol. The number of nitrogens with one attached hydrogen (secondary N) is 1. The molecule has 0 aliphatic carbocycles. The van der Waals surface area contributed by atoms with Gasteiger partial charge in [0.2, 0.25) is 0 Å². The highest BCUT2D eigenvalue weighted by atomic mass is 35.5. The predicted molar refractivity (Wildman–Crippen MR) is 82.8 cm³/mol. The molecule has 0 fully saturated rings. The van der Waals surface area contributed by atoms with Crippen LogP contribution in [0.15, 0.2) is 18.2 Å². The van der Waals surface area contributed by atoms with Crippen LogP contribution in [0.5, 0.6) is 0 Å². The highest BCUT2D eigenvalue weighted by molar-refractivity contribution is 6.37. The standard InChI is InChI=1S/C15H13Cl2FN2O/c1-7-4-8(2)19-9(3)14(7)20-15(21)10-5-13(18)12(17)6-11(10)16/h4-6H,1-3H3,(H,20,21). The smallest absolute Gasteiger partial charge is 0.257 e. The SMILES string of the molecule is Cc1cc(C)c(NC(=O)c2cc(F)c(Cl)cc2Cl)c(C)n1. The van der Waals surface area contributed by atoms with Crippen molar-refractivity contribution in [1.82, 2.24) is 4.98 Å². The van der Waals surface area contributed by atoms with E-state index in [1.165, 1.54) is 6.07 Å². The molecule has 0 atom stereocenters. The van der Waals surface area contributed by atoms with Crippen LogP contribution in [-0.4, -0.2) is 10.9 Å². The van der Waals surface area contributed by atoms with Crippen molar-refractivity contribution in [2.45, 2.75) is 20.8 Å². The van der Waals surface area contributed by atoms with Gasteiger partial charge in [-0.05, 0) is 44.5 Å². The third kappa shape index (κ3) is 3.34. The number of benzene rings is 1. The Morgan fingerprint density at radius 3 is 2.43 bits per heavy atom. The highest BCUT2D eigenvalue weighted by Crippen LogP contribution is 2.26. The minimum atomic E-state index is -0.693. The number of pyridine rings is 1. The van der Waals surface area contributed by atoms with Gasteiger partial charge in [-0.1, -0.05) is 23.2 Å². The van der Waals surface area contributed by atoms with Crippen LogP contribution in [0.1, 0.15) is 27.3 Å². The maximum atomic E-state index is 13.5. The fourth-order valence-electron chi connectivity index (χ4n) is 2.09. The van der Waals surface area contributed by atoms with E-state index in [2.05, 4.69) is 10.3 Å².